The van der Waals surface area contributed by atoms with Crippen LogP contribution in [0.4, 0.5) is 4.79 Å². The second kappa shape index (κ2) is 10.8. The highest BCUT2D eigenvalue weighted by molar-refractivity contribution is 5.95. The molecule has 0 aromatic rings. The molecule has 0 saturated heterocycles. The third-order valence-electron chi connectivity index (χ3n) is 3.19. The molecular formula is C18H31NO5. The largest absolute Gasteiger partial charge is 0.464 e. The number of allylic oxidation sites excluding steroid dienone is 1. The van der Waals surface area contributed by atoms with Crippen molar-refractivity contribution in [3.8, 4) is 0 Å². The van der Waals surface area contributed by atoms with E-state index in [1.54, 1.807) is 27.7 Å². The number of imide groups is 1. The fourth-order valence-corrected chi connectivity index (χ4v) is 2.18. The Morgan fingerprint density at radius 3 is 2.25 bits per heavy atom. The Hall–Kier alpha value is -1.85. The summed E-state index contributed by atoms with van der Waals surface area (Å²) in [6.45, 7) is 11.9. The standard InChI is InChI=1S/C18H31NO5/c1-7-9-10-11-12-13-15(16(21)23-8-2)19(14(3)20)17(22)24-18(4,5)6/h7,15H,1,8-13H2,2-6H3/t15-/m1/s1. The zero-order valence-corrected chi connectivity index (χ0v) is 15.6. The molecular weight excluding hydrogens is 310 g/mol. The molecule has 0 bridgehead atoms. The first-order valence-electron chi connectivity index (χ1n) is 8.44. The second-order valence-electron chi connectivity index (χ2n) is 6.56. The third-order valence-corrected chi connectivity index (χ3v) is 3.19. The lowest BCUT2D eigenvalue weighted by Gasteiger charge is -2.30. The van der Waals surface area contributed by atoms with Crippen LogP contribution in [-0.4, -0.2) is 41.1 Å². The number of carbonyl (C=O) groups is 3. The monoisotopic (exact) mass is 341 g/mol. The number of carbonyl (C=O) groups excluding carboxylic acids is 3. The van der Waals surface area contributed by atoms with Crippen LogP contribution < -0.4 is 0 Å². The third kappa shape index (κ3) is 8.70. The van der Waals surface area contributed by atoms with Gasteiger partial charge in [-0.3, -0.25) is 4.79 Å². The molecule has 0 saturated carbocycles. The lowest BCUT2D eigenvalue weighted by molar-refractivity contribution is -0.154. The molecule has 0 radical (unpaired) electrons. The van der Waals surface area contributed by atoms with Gasteiger partial charge in [-0.1, -0.05) is 18.9 Å². The molecule has 0 N–H and O–H groups in total. The van der Waals surface area contributed by atoms with E-state index in [4.69, 9.17) is 9.47 Å². The predicted molar refractivity (Wildman–Crippen MR) is 92.5 cm³/mol. The van der Waals surface area contributed by atoms with Crippen LogP contribution in [0.5, 0.6) is 0 Å². The molecule has 0 aliphatic rings. The molecule has 24 heavy (non-hydrogen) atoms. The van der Waals surface area contributed by atoms with E-state index in [0.29, 0.717) is 12.8 Å². The van der Waals surface area contributed by atoms with Crippen molar-refractivity contribution in [3.05, 3.63) is 12.7 Å². The second-order valence-corrected chi connectivity index (χ2v) is 6.56. The van der Waals surface area contributed by atoms with Crippen LogP contribution in [0.2, 0.25) is 0 Å². The van der Waals surface area contributed by atoms with Gasteiger partial charge in [0.1, 0.15) is 11.6 Å². The Labute approximate surface area is 145 Å². The molecule has 138 valence electrons. The number of hydrogen-bond acceptors (Lipinski definition) is 5. The maximum Gasteiger partial charge on any atom is 0.417 e. The minimum Gasteiger partial charge on any atom is -0.464 e. The topological polar surface area (TPSA) is 72.9 Å². The van der Waals surface area contributed by atoms with Gasteiger partial charge in [0.2, 0.25) is 5.91 Å². The summed E-state index contributed by atoms with van der Waals surface area (Å²) in [4.78, 5) is 37.4. The van der Waals surface area contributed by atoms with Gasteiger partial charge in [-0.2, -0.15) is 0 Å². The number of rotatable bonds is 9. The molecule has 0 rings (SSSR count). The summed E-state index contributed by atoms with van der Waals surface area (Å²) in [5, 5.41) is 0. The molecule has 0 aliphatic carbocycles. The molecule has 0 spiro atoms. The first-order valence-corrected chi connectivity index (χ1v) is 8.44. The van der Waals surface area contributed by atoms with E-state index in [0.717, 1.165) is 24.2 Å². The summed E-state index contributed by atoms with van der Waals surface area (Å²) in [7, 11) is 0. The highest BCUT2D eigenvalue weighted by Crippen LogP contribution is 2.18. The average molecular weight is 341 g/mol. The molecule has 0 fully saturated rings. The molecule has 0 aliphatic heterocycles. The van der Waals surface area contributed by atoms with Gasteiger partial charge in [-0.15, -0.1) is 6.58 Å². The summed E-state index contributed by atoms with van der Waals surface area (Å²) in [6.07, 6.45) is 4.80. The summed E-state index contributed by atoms with van der Waals surface area (Å²) in [6, 6.07) is -0.957. The zero-order chi connectivity index (χ0) is 18.8. The summed E-state index contributed by atoms with van der Waals surface area (Å²) in [5.74, 6) is -1.12. The van der Waals surface area contributed by atoms with Gasteiger partial charge in [-0.25, -0.2) is 14.5 Å². The van der Waals surface area contributed by atoms with Gasteiger partial charge >= 0.3 is 12.1 Å². The molecule has 6 heteroatoms. The predicted octanol–water partition coefficient (Wildman–Crippen LogP) is 3.84. The first-order chi connectivity index (χ1) is 11.1. The van der Waals surface area contributed by atoms with Crippen LogP contribution in [0.3, 0.4) is 0 Å². The minimum atomic E-state index is -0.957. The van der Waals surface area contributed by atoms with E-state index < -0.39 is 29.6 Å². The SMILES string of the molecule is C=CCCCCC[C@H](C(=O)OCC)N(C(C)=O)C(=O)OC(C)(C)C. The van der Waals surface area contributed by atoms with Crippen molar-refractivity contribution in [2.45, 2.75) is 78.4 Å². The van der Waals surface area contributed by atoms with Crippen LogP contribution in [0.1, 0.15) is 66.7 Å². The van der Waals surface area contributed by atoms with Crippen molar-refractivity contribution in [1.82, 2.24) is 4.90 Å². The van der Waals surface area contributed by atoms with E-state index in [2.05, 4.69) is 6.58 Å². The zero-order valence-electron chi connectivity index (χ0n) is 15.6. The van der Waals surface area contributed by atoms with Gasteiger partial charge < -0.3 is 9.47 Å². The number of ether oxygens (including phenoxy) is 2. The van der Waals surface area contributed by atoms with Gasteiger partial charge in [0.15, 0.2) is 0 Å². The molecule has 0 unspecified atom stereocenters. The van der Waals surface area contributed by atoms with Crippen molar-refractivity contribution < 1.29 is 23.9 Å². The highest BCUT2D eigenvalue weighted by Gasteiger charge is 2.36. The van der Waals surface area contributed by atoms with Gasteiger partial charge in [0.25, 0.3) is 0 Å². The van der Waals surface area contributed by atoms with E-state index in [9.17, 15) is 14.4 Å². The Morgan fingerprint density at radius 1 is 1.17 bits per heavy atom. The quantitative estimate of drug-likeness (QED) is 0.362. The van der Waals surface area contributed by atoms with Crippen LogP contribution in [-0.2, 0) is 19.1 Å². The van der Waals surface area contributed by atoms with Crippen molar-refractivity contribution in [2.24, 2.45) is 0 Å². The van der Waals surface area contributed by atoms with Gasteiger partial charge in [0, 0.05) is 6.92 Å². The van der Waals surface area contributed by atoms with Crippen LogP contribution >= 0.6 is 0 Å². The maximum atomic E-state index is 12.3. The smallest absolute Gasteiger partial charge is 0.417 e. The van der Waals surface area contributed by atoms with Gasteiger partial charge in [0.05, 0.1) is 6.61 Å². The number of hydrogen-bond donors (Lipinski definition) is 0. The molecule has 0 aromatic heterocycles. The van der Waals surface area contributed by atoms with Gasteiger partial charge in [-0.05, 0) is 47.0 Å². The van der Waals surface area contributed by atoms with E-state index in [1.807, 2.05) is 6.08 Å². The molecule has 6 nitrogen and oxygen atoms in total. The Bertz CT molecular complexity index is 439. The Balaban J connectivity index is 5.13. The first kappa shape index (κ1) is 22.1. The fourth-order valence-electron chi connectivity index (χ4n) is 2.18. The van der Waals surface area contributed by atoms with Crippen LogP contribution in [0, 0.1) is 0 Å². The van der Waals surface area contributed by atoms with Crippen molar-refractivity contribution in [2.75, 3.05) is 6.61 Å². The van der Waals surface area contributed by atoms with Crippen LogP contribution in [0.15, 0.2) is 12.7 Å². The maximum absolute atomic E-state index is 12.3. The minimum absolute atomic E-state index is 0.186. The fraction of sp³-hybridized carbons (Fsp3) is 0.722. The van der Waals surface area contributed by atoms with E-state index in [-0.39, 0.29) is 6.61 Å². The molecule has 1 atom stereocenters. The summed E-state index contributed by atoms with van der Waals surface area (Å²) < 4.78 is 10.3. The molecule has 0 aromatic carbocycles. The van der Waals surface area contributed by atoms with Crippen molar-refractivity contribution >= 4 is 18.0 Å². The van der Waals surface area contributed by atoms with E-state index >= 15 is 0 Å². The molecule has 0 heterocycles. The number of esters is 1. The Kier molecular flexibility index (Phi) is 10.0. The molecule has 2 amide bonds. The van der Waals surface area contributed by atoms with E-state index in [1.165, 1.54) is 6.92 Å². The van der Waals surface area contributed by atoms with Crippen molar-refractivity contribution in [3.63, 3.8) is 0 Å². The van der Waals surface area contributed by atoms with Crippen LogP contribution in [0.25, 0.3) is 0 Å². The lowest BCUT2D eigenvalue weighted by Crippen LogP contribution is -2.50. The number of nitrogens with zero attached hydrogens (tertiary/aromatic N) is 1. The summed E-state index contributed by atoms with van der Waals surface area (Å²) in [5.41, 5.74) is -0.756. The number of unbranched alkanes of at least 4 members (excludes halogenated alkanes) is 3. The lowest BCUT2D eigenvalue weighted by atomic mass is 10.1. The normalized spacial score (nSPS) is 12.2. The highest BCUT2D eigenvalue weighted by atomic mass is 16.6. The number of amides is 2. The summed E-state index contributed by atoms with van der Waals surface area (Å²) >= 11 is 0. The average Bonchev–Trinajstić information content (AvgIpc) is 2.43. The van der Waals surface area contributed by atoms with Crippen molar-refractivity contribution in [1.29, 1.82) is 0 Å². The Morgan fingerprint density at radius 2 is 1.79 bits per heavy atom.